The summed E-state index contributed by atoms with van der Waals surface area (Å²) in [6, 6.07) is 5.10. The van der Waals surface area contributed by atoms with Gasteiger partial charge in [-0.3, -0.25) is 14.3 Å². The van der Waals surface area contributed by atoms with E-state index in [1.165, 1.54) is 25.1 Å². The fraction of sp³-hybridized carbons (Fsp3) is 0.500. The zero-order valence-corrected chi connectivity index (χ0v) is 14.8. The summed E-state index contributed by atoms with van der Waals surface area (Å²) < 4.78 is 39.8. The molecule has 0 bridgehead atoms. The van der Waals surface area contributed by atoms with Crippen molar-refractivity contribution in [2.24, 2.45) is 17.6 Å². The van der Waals surface area contributed by atoms with Gasteiger partial charge in [0.25, 0.3) is 0 Å². The molecule has 1 heterocycles. The first kappa shape index (κ1) is 19.2. The summed E-state index contributed by atoms with van der Waals surface area (Å²) in [6.45, 7) is 2.30. The van der Waals surface area contributed by atoms with Crippen LogP contribution in [0.15, 0.2) is 24.3 Å². The third-order valence-corrected chi connectivity index (χ3v) is 5.68. The second-order valence-electron chi connectivity index (χ2n) is 6.30. The van der Waals surface area contributed by atoms with Gasteiger partial charge in [-0.1, -0.05) is 13.0 Å². The predicted octanol–water partition coefficient (Wildman–Crippen LogP) is 0.927. The van der Waals surface area contributed by atoms with E-state index in [4.69, 9.17) is 5.73 Å². The number of sulfonamides is 1. The van der Waals surface area contributed by atoms with Crippen molar-refractivity contribution < 1.29 is 22.4 Å². The molecule has 9 heteroatoms. The number of nitrogens with zero attached hydrogens (tertiary/aromatic N) is 1. The van der Waals surface area contributed by atoms with Gasteiger partial charge in [0.05, 0.1) is 17.4 Å². The standard InChI is InChI=1S/C16H22FN3O4S/c1-11(16(22)20-7-5-12(6-8-20)15(18)21)10-25(23,24)19-14-4-2-3-13(17)9-14/h2-4,9,11-12,19H,5-8,10H2,1H3,(H2,18,21). The lowest BCUT2D eigenvalue weighted by Gasteiger charge is -2.32. The molecule has 0 spiro atoms. The summed E-state index contributed by atoms with van der Waals surface area (Å²) >= 11 is 0. The lowest BCUT2D eigenvalue weighted by molar-refractivity contribution is -0.137. The number of hydrogen-bond donors (Lipinski definition) is 2. The fourth-order valence-corrected chi connectivity index (χ4v) is 4.24. The Labute approximate surface area is 146 Å². The third-order valence-electron chi connectivity index (χ3n) is 4.20. The number of likely N-dealkylation sites (tertiary alicyclic amines) is 1. The van der Waals surface area contributed by atoms with Crippen LogP contribution in [-0.2, 0) is 19.6 Å². The van der Waals surface area contributed by atoms with Gasteiger partial charge < -0.3 is 10.6 Å². The van der Waals surface area contributed by atoms with Crippen LogP contribution in [0.1, 0.15) is 19.8 Å². The van der Waals surface area contributed by atoms with E-state index in [0.717, 1.165) is 6.07 Å². The van der Waals surface area contributed by atoms with Crippen molar-refractivity contribution in [2.75, 3.05) is 23.6 Å². The molecule has 1 aliphatic heterocycles. The van der Waals surface area contributed by atoms with Crippen molar-refractivity contribution in [1.29, 1.82) is 0 Å². The van der Waals surface area contributed by atoms with Gasteiger partial charge in [-0.05, 0) is 31.0 Å². The predicted molar refractivity (Wildman–Crippen MR) is 91.5 cm³/mol. The molecule has 1 aromatic carbocycles. The molecule has 0 saturated carbocycles. The topological polar surface area (TPSA) is 110 Å². The number of hydrogen-bond acceptors (Lipinski definition) is 4. The highest BCUT2D eigenvalue weighted by Crippen LogP contribution is 2.19. The van der Waals surface area contributed by atoms with Crippen molar-refractivity contribution in [3.05, 3.63) is 30.1 Å². The lowest BCUT2D eigenvalue weighted by Crippen LogP contribution is -2.45. The van der Waals surface area contributed by atoms with E-state index in [0.29, 0.717) is 25.9 Å². The van der Waals surface area contributed by atoms with Crippen molar-refractivity contribution >= 4 is 27.5 Å². The van der Waals surface area contributed by atoms with Crippen LogP contribution in [0.3, 0.4) is 0 Å². The normalized spacial score (nSPS) is 17.1. The van der Waals surface area contributed by atoms with Gasteiger partial charge in [0.15, 0.2) is 0 Å². The van der Waals surface area contributed by atoms with Gasteiger partial charge >= 0.3 is 0 Å². The number of halogens is 1. The molecule has 1 atom stereocenters. The zero-order valence-electron chi connectivity index (χ0n) is 13.9. The second-order valence-corrected chi connectivity index (χ2v) is 8.06. The van der Waals surface area contributed by atoms with Gasteiger partial charge in [-0.15, -0.1) is 0 Å². The van der Waals surface area contributed by atoms with Crippen LogP contribution < -0.4 is 10.5 Å². The van der Waals surface area contributed by atoms with Crippen LogP contribution in [0.4, 0.5) is 10.1 Å². The minimum absolute atomic E-state index is 0.113. The van der Waals surface area contributed by atoms with E-state index < -0.39 is 27.5 Å². The highest BCUT2D eigenvalue weighted by Gasteiger charge is 2.30. The largest absolute Gasteiger partial charge is 0.369 e. The minimum atomic E-state index is -3.80. The zero-order chi connectivity index (χ0) is 18.6. The van der Waals surface area contributed by atoms with Crippen molar-refractivity contribution in [2.45, 2.75) is 19.8 Å². The number of primary amides is 1. The molecule has 3 N–H and O–H groups in total. The molecule has 138 valence electrons. The molecule has 1 fully saturated rings. The molecule has 1 saturated heterocycles. The van der Waals surface area contributed by atoms with Crippen molar-refractivity contribution in [1.82, 2.24) is 4.90 Å². The third kappa shape index (κ3) is 5.42. The maximum atomic E-state index is 13.1. The smallest absolute Gasteiger partial charge is 0.233 e. The number of carbonyl (C=O) groups is 2. The van der Waals surface area contributed by atoms with Crippen LogP contribution in [0.25, 0.3) is 0 Å². The molecular formula is C16H22FN3O4S. The van der Waals surface area contributed by atoms with Gasteiger partial charge in [0.2, 0.25) is 21.8 Å². The molecule has 25 heavy (non-hydrogen) atoms. The summed E-state index contributed by atoms with van der Waals surface area (Å²) in [5.74, 6) is -2.61. The number of nitrogens with two attached hydrogens (primary N) is 1. The Morgan fingerprint density at radius 2 is 2.00 bits per heavy atom. The summed E-state index contributed by atoms with van der Waals surface area (Å²) in [6.07, 6.45) is 0.976. The Hall–Kier alpha value is -2.16. The maximum Gasteiger partial charge on any atom is 0.233 e. The SMILES string of the molecule is CC(CS(=O)(=O)Nc1cccc(F)c1)C(=O)N1CCC(C(N)=O)CC1. The van der Waals surface area contributed by atoms with Crippen molar-refractivity contribution in [3.63, 3.8) is 0 Å². The monoisotopic (exact) mass is 371 g/mol. The lowest BCUT2D eigenvalue weighted by atomic mass is 9.95. The van der Waals surface area contributed by atoms with Crippen LogP contribution in [0.2, 0.25) is 0 Å². The molecule has 2 amide bonds. The average Bonchev–Trinajstić information content (AvgIpc) is 2.53. The highest BCUT2D eigenvalue weighted by atomic mass is 32.2. The van der Waals surface area contributed by atoms with Crippen LogP contribution in [0, 0.1) is 17.7 Å². The Balaban J connectivity index is 1.93. The first-order valence-corrected chi connectivity index (χ1v) is 9.67. The Morgan fingerprint density at radius 1 is 1.36 bits per heavy atom. The van der Waals surface area contributed by atoms with E-state index >= 15 is 0 Å². The Bertz CT molecular complexity index is 746. The second kappa shape index (κ2) is 7.81. The number of anilines is 1. The summed E-state index contributed by atoms with van der Waals surface area (Å²) in [7, 11) is -3.80. The van der Waals surface area contributed by atoms with E-state index in [2.05, 4.69) is 4.72 Å². The number of benzene rings is 1. The number of carbonyl (C=O) groups excluding carboxylic acids is 2. The molecule has 1 unspecified atom stereocenters. The van der Waals surface area contributed by atoms with E-state index in [-0.39, 0.29) is 23.4 Å². The molecule has 0 radical (unpaired) electrons. The molecule has 1 aromatic rings. The molecular weight excluding hydrogens is 349 g/mol. The van der Waals surface area contributed by atoms with Crippen molar-refractivity contribution in [3.8, 4) is 0 Å². The number of rotatable bonds is 6. The molecule has 0 aromatic heterocycles. The van der Waals surface area contributed by atoms with Crippen LogP contribution in [-0.4, -0.2) is 44.0 Å². The Kier molecular flexibility index (Phi) is 5.99. The first-order chi connectivity index (χ1) is 11.7. The minimum Gasteiger partial charge on any atom is -0.369 e. The molecule has 1 aliphatic rings. The van der Waals surface area contributed by atoms with Crippen LogP contribution in [0.5, 0.6) is 0 Å². The molecule has 7 nitrogen and oxygen atoms in total. The number of piperidine rings is 1. The summed E-state index contributed by atoms with van der Waals surface area (Å²) in [5.41, 5.74) is 5.37. The van der Waals surface area contributed by atoms with Gasteiger partial charge in [-0.2, -0.15) is 0 Å². The fourth-order valence-electron chi connectivity index (χ4n) is 2.87. The van der Waals surface area contributed by atoms with E-state index in [1.807, 2.05) is 0 Å². The number of amides is 2. The summed E-state index contributed by atoms with van der Waals surface area (Å²) in [4.78, 5) is 25.1. The Morgan fingerprint density at radius 3 is 2.56 bits per heavy atom. The maximum absolute atomic E-state index is 13.1. The highest BCUT2D eigenvalue weighted by molar-refractivity contribution is 7.92. The van der Waals surface area contributed by atoms with Gasteiger partial charge in [-0.25, -0.2) is 12.8 Å². The average molecular weight is 371 g/mol. The molecule has 2 rings (SSSR count). The van der Waals surface area contributed by atoms with Crippen LogP contribution >= 0.6 is 0 Å². The van der Waals surface area contributed by atoms with Gasteiger partial charge in [0.1, 0.15) is 5.82 Å². The van der Waals surface area contributed by atoms with E-state index in [9.17, 15) is 22.4 Å². The first-order valence-electron chi connectivity index (χ1n) is 8.02. The van der Waals surface area contributed by atoms with Gasteiger partial charge in [0, 0.05) is 19.0 Å². The quantitative estimate of drug-likeness (QED) is 0.775. The summed E-state index contributed by atoms with van der Waals surface area (Å²) in [5, 5.41) is 0. The number of nitrogens with one attached hydrogen (secondary N) is 1. The van der Waals surface area contributed by atoms with E-state index in [1.54, 1.807) is 4.90 Å². The molecule has 0 aliphatic carbocycles.